The van der Waals surface area contributed by atoms with E-state index in [1.165, 1.54) is 12.8 Å². The zero-order valence-electron chi connectivity index (χ0n) is 12.5. The van der Waals surface area contributed by atoms with Crippen molar-refractivity contribution in [3.63, 3.8) is 0 Å². The first-order valence-corrected chi connectivity index (χ1v) is 7.81. The van der Waals surface area contributed by atoms with Gasteiger partial charge in [0, 0.05) is 18.6 Å². The van der Waals surface area contributed by atoms with Gasteiger partial charge in [-0.1, -0.05) is 20.3 Å². The van der Waals surface area contributed by atoms with Crippen LogP contribution in [0.25, 0.3) is 0 Å². The van der Waals surface area contributed by atoms with E-state index in [0.29, 0.717) is 18.4 Å². The van der Waals surface area contributed by atoms with Crippen molar-refractivity contribution in [2.75, 3.05) is 6.54 Å². The topological polar surface area (TPSA) is 69.6 Å². The highest BCUT2D eigenvalue weighted by Crippen LogP contribution is 2.34. The number of amides is 2. The Bertz CT molecular complexity index is 372. The van der Waals surface area contributed by atoms with Crippen molar-refractivity contribution >= 4 is 12.0 Å². The number of nitrogens with zero attached hydrogens (tertiary/aromatic N) is 1. The third-order valence-corrected chi connectivity index (χ3v) is 5.11. The second kappa shape index (κ2) is 6.46. The van der Waals surface area contributed by atoms with Crippen molar-refractivity contribution in [3.8, 4) is 0 Å². The number of carboxylic acid groups (broad SMARTS) is 1. The molecule has 114 valence electrons. The minimum Gasteiger partial charge on any atom is -0.481 e. The van der Waals surface area contributed by atoms with Crippen molar-refractivity contribution < 1.29 is 14.7 Å². The van der Waals surface area contributed by atoms with E-state index in [2.05, 4.69) is 19.2 Å². The molecule has 1 aliphatic heterocycles. The molecule has 0 aromatic heterocycles. The molecule has 2 fully saturated rings. The second-order valence-electron chi connectivity index (χ2n) is 6.25. The molecule has 0 radical (unpaired) electrons. The molecule has 1 aliphatic carbocycles. The largest absolute Gasteiger partial charge is 0.481 e. The SMILES string of the molecule is CCC1CCC(NC(=O)N2CCCC2CC(=O)O)C1C. The van der Waals surface area contributed by atoms with Crippen molar-refractivity contribution in [1.82, 2.24) is 10.2 Å². The zero-order chi connectivity index (χ0) is 14.7. The van der Waals surface area contributed by atoms with Crippen LogP contribution in [0.5, 0.6) is 0 Å². The van der Waals surface area contributed by atoms with E-state index in [9.17, 15) is 9.59 Å². The lowest BCUT2D eigenvalue weighted by atomic mass is 9.93. The van der Waals surface area contributed by atoms with Crippen LogP contribution in [0.2, 0.25) is 0 Å². The second-order valence-corrected chi connectivity index (χ2v) is 6.25. The molecule has 2 aliphatic rings. The maximum atomic E-state index is 12.4. The number of likely N-dealkylation sites (tertiary alicyclic amines) is 1. The van der Waals surface area contributed by atoms with E-state index in [-0.39, 0.29) is 24.5 Å². The van der Waals surface area contributed by atoms with Gasteiger partial charge in [-0.2, -0.15) is 0 Å². The minimum absolute atomic E-state index is 0.0607. The van der Waals surface area contributed by atoms with Gasteiger partial charge in [0.15, 0.2) is 0 Å². The van der Waals surface area contributed by atoms with Crippen LogP contribution in [0.3, 0.4) is 0 Å². The van der Waals surface area contributed by atoms with Crippen molar-refractivity contribution in [2.24, 2.45) is 11.8 Å². The summed E-state index contributed by atoms with van der Waals surface area (Å²) in [6.45, 7) is 5.10. The van der Waals surface area contributed by atoms with Crippen LogP contribution in [0, 0.1) is 11.8 Å². The average molecular weight is 282 g/mol. The molecule has 1 heterocycles. The lowest BCUT2D eigenvalue weighted by Crippen LogP contribution is -2.48. The van der Waals surface area contributed by atoms with Gasteiger partial charge in [0.1, 0.15) is 0 Å². The predicted molar refractivity (Wildman–Crippen MR) is 76.5 cm³/mol. The number of carbonyl (C=O) groups excluding carboxylic acids is 1. The van der Waals surface area contributed by atoms with E-state index in [1.807, 2.05) is 0 Å². The Morgan fingerprint density at radius 3 is 2.65 bits per heavy atom. The van der Waals surface area contributed by atoms with Crippen LogP contribution in [0.15, 0.2) is 0 Å². The van der Waals surface area contributed by atoms with E-state index >= 15 is 0 Å². The maximum Gasteiger partial charge on any atom is 0.317 e. The van der Waals surface area contributed by atoms with Gasteiger partial charge in [-0.3, -0.25) is 4.79 Å². The minimum atomic E-state index is -0.824. The Kier molecular flexibility index (Phi) is 4.89. The molecule has 1 saturated carbocycles. The van der Waals surface area contributed by atoms with Crippen LogP contribution in [-0.4, -0.2) is 40.6 Å². The summed E-state index contributed by atoms with van der Waals surface area (Å²) in [5, 5.41) is 12.0. The van der Waals surface area contributed by atoms with E-state index in [4.69, 9.17) is 5.11 Å². The fraction of sp³-hybridized carbons (Fsp3) is 0.867. The van der Waals surface area contributed by atoms with Gasteiger partial charge < -0.3 is 15.3 Å². The molecule has 0 bridgehead atoms. The maximum absolute atomic E-state index is 12.4. The van der Waals surface area contributed by atoms with Crippen LogP contribution >= 0.6 is 0 Å². The summed E-state index contributed by atoms with van der Waals surface area (Å²) in [4.78, 5) is 24.9. The Hall–Kier alpha value is -1.26. The molecule has 0 aromatic carbocycles. The summed E-state index contributed by atoms with van der Waals surface area (Å²) < 4.78 is 0. The molecule has 2 amide bonds. The fourth-order valence-corrected chi connectivity index (χ4v) is 3.79. The molecule has 0 spiro atoms. The first kappa shape index (κ1) is 15.1. The summed E-state index contributed by atoms with van der Waals surface area (Å²) in [5.74, 6) is 0.396. The monoisotopic (exact) mass is 282 g/mol. The number of aliphatic carboxylic acids is 1. The number of rotatable bonds is 4. The third kappa shape index (κ3) is 3.25. The summed E-state index contributed by atoms with van der Waals surface area (Å²) >= 11 is 0. The van der Waals surface area contributed by atoms with Gasteiger partial charge in [0.25, 0.3) is 0 Å². The van der Waals surface area contributed by atoms with Crippen LogP contribution < -0.4 is 5.32 Å². The van der Waals surface area contributed by atoms with Gasteiger partial charge in [-0.15, -0.1) is 0 Å². The molecular formula is C15H26N2O3. The summed E-state index contributed by atoms with van der Waals surface area (Å²) in [6.07, 6.45) is 5.16. The molecular weight excluding hydrogens is 256 g/mol. The Balaban J connectivity index is 1.89. The molecule has 4 unspecified atom stereocenters. The summed E-state index contributed by atoms with van der Waals surface area (Å²) in [7, 11) is 0. The van der Waals surface area contributed by atoms with Crippen molar-refractivity contribution in [3.05, 3.63) is 0 Å². The first-order chi connectivity index (χ1) is 9.52. The Morgan fingerprint density at radius 1 is 1.30 bits per heavy atom. The van der Waals surface area contributed by atoms with E-state index < -0.39 is 5.97 Å². The molecule has 20 heavy (non-hydrogen) atoms. The number of hydrogen-bond donors (Lipinski definition) is 2. The van der Waals surface area contributed by atoms with Gasteiger partial charge in [-0.05, 0) is 37.5 Å². The van der Waals surface area contributed by atoms with E-state index in [1.54, 1.807) is 4.90 Å². The van der Waals surface area contributed by atoms with E-state index in [0.717, 1.165) is 19.3 Å². The van der Waals surface area contributed by atoms with Crippen molar-refractivity contribution in [2.45, 2.75) is 64.5 Å². The van der Waals surface area contributed by atoms with Gasteiger partial charge >= 0.3 is 12.0 Å². The zero-order valence-corrected chi connectivity index (χ0v) is 12.5. The molecule has 1 saturated heterocycles. The molecule has 0 aromatic rings. The van der Waals surface area contributed by atoms with Gasteiger partial charge in [-0.25, -0.2) is 4.79 Å². The quantitative estimate of drug-likeness (QED) is 0.832. The number of carboxylic acids is 1. The Morgan fingerprint density at radius 2 is 2.05 bits per heavy atom. The molecule has 2 rings (SSSR count). The van der Waals surface area contributed by atoms with Crippen LogP contribution in [-0.2, 0) is 4.79 Å². The third-order valence-electron chi connectivity index (χ3n) is 5.11. The standard InChI is InChI=1S/C15H26N2O3/c1-3-11-6-7-13(10(11)2)16-15(20)17-8-4-5-12(17)9-14(18)19/h10-13H,3-9H2,1-2H3,(H,16,20)(H,18,19). The smallest absolute Gasteiger partial charge is 0.317 e. The molecule has 5 heteroatoms. The number of urea groups is 1. The molecule has 4 atom stereocenters. The average Bonchev–Trinajstić information content (AvgIpc) is 2.97. The van der Waals surface area contributed by atoms with Crippen LogP contribution in [0.4, 0.5) is 4.79 Å². The highest BCUT2D eigenvalue weighted by Gasteiger charge is 2.36. The molecule has 2 N–H and O–H groups in total. The van der Waals surface area contributed by atoms with Gasteiger partial charge in [0.2, 0.25) is 0 Å². The number of nitrogens with one attached hydrogen (secondary N) is 1. The normalized spacial score (nSPS) is 33.4. The van der Waals surface area contributed by atoms with Crippen molar-refractivity contribution in [1.29, 1.82) is 0 Å². The summed E-state index contributed by atoms with van der Waals surface area (Å²) in [6, 6.07) is 0.0482. The number of hydrogen-bond acceptors (Lipinski definition) is 2. The highest BCUT2D eigenvalue weighted by atomic mass is 16.4. The summed E-state index contributed by atoms with van der Waals surface area (Å²) in [5.41, 5.74) is 0. The lowest BCUT2D eigenvalue weighted by molar-refractivity contribution is -0.137. The Labute approximate surface area is 120 Å². The van der Waals surface area contributed by atoms with Gasteiger partial charge in [0.05, 0.1) is 6.42 Å². The highest BCUT2D eigenvalue weighted by molar-refractivity contribution is 5.76. The predicted octanol–water partition coefficient (Wildman–Crippen LogP) is 2.46. The van der Waals surface area contributed by atoms with Crippen LogP contribution in [0.1, 0.15) is 52.4 Å². The first-order valence-electron chi connectivity index (χ1n) is 7.81. The molecule has 5 nitrogen and oxygen atoms in total. The number of carbonyl (C=O) groups is 2. The lowest BCUT2D eigenvalue weighted by Gasteiger charge is -2.28. The fourth-order valence-electron chi connectivity index (χ4n) is 3.79.